The Morgan fingerprint density at radius 3 is 2.86 bits per heavy atom. The fourth-order valence-corrected chi connectivity index (χ4v) is 3.26. The average molecular weight is 288 g/mol. The molecule has 21 heavy (non-hydrogen) atoms. The molecule has 0 aromatic carbocycles. The molecule has 2 atom stereocenters. The third-order valence-electron chi connectivity index (χ3n) is 4.55. The summed E-state index contributed by atoms with van der Waals surface area (Å²) < 4.78 is 4.08. The molecule has 1 aliphatic heterocycles. The van der Waals surface area contributed by atoms with Gasteiger partial charge in [0.25, 0.3) is 0 Å². The number of hydrogen-bond acceptors (Lipinski definition) is 3. The van der Waals surface area contributed by atoms with E-state index in [0.29, 0.717) is 0 Å². The van der Waals surface area contributed by atoms with Gasteiger partial charge in [0.2, 0.25) is 0 Å². The number of aryl methyl sites for hydroxylation is 2. The van der Waals surface area contributed by atoms with Crippen molar-refractivity contribution in [1.29, 1.82) is 0 Å². The number of imidazole rings is 1. The topological polar surface area (TPSA) is 46.2 Å². The van der Waals surface area contributed by atoms with Crippen LogP contribution in [-0.4, -0.2) is 37.2 Å². The molecule has 0 aliphatic carbocycles. The van der Waals surface area contributed by atoms with Crippen LogP contribution in [0, 0.1) is 5.92 Å². The zero-order chi connectivity index (χ0) is 14.8. The Morgan fingerprint density at radius 1 is 1.33 bits per heavy atom. The van der Waals surface area contributed by atoms with Crippen molar-refractivity contribution in [1.82, 2.24) is 19.0 Å². The SMILES string of the molecule is Cn1cccc1CN1CCCC(C(O)c2nccn2C)C1. The van der Waals surface area contributed by atoms with Crippen LogP contribution >= 0.6 is 0 Å². The standard InChI is InChI=1S/C16H24N4O/c1-18-8-4-6-14(18)12-20-9-3-5-13(11-20)15(21)16-17-7-10-19(16)2/h4,6-8,10,13,15,21H,3,5,9,11-12H2,1-2H3. The molecule has 5 heteroatoms. The van der Waals surface area contributed by atoms with Gasteiger partial charge in [-0.25, -0.2) is 4.98 Å². The zero-order valence-corrected chi connectivity index (χ0v) is 12.8. The Kier molecular flexibility index (Phi) is 4.12. The van der Waals surface area contributed by atoms with E-state index in [1.807, 2.05) is 17.8 Å². The first-order valence-corrected chi connectivity index (χ1v) is 7.63. The molecular formula is C16H24N4O. The molecule has 0 saturated carbocycles. The molecular weight excluding hydrogens is 264 g/mol. The summed E-state index contributed by atoms with van der Waals surface area (Å²) in [6.45, 7) is 2.99. The van der Waals surface area contributed by atoms with Crippen molar-refractivity contribution in [3.63, 3.8) is 0 Å². The Bertz CT molecular complexity index is 589. The summed E-state index contributed by atoms with van der Waals surface area (Å²) >= 11 is 0. The van der Waals surface area contributed by atoms with Crippen LogP contribution in [0.2, 0.25) is 0 Å². The van der Waals surface area contributed by atoms with Gasteiger partial charge in [0.05, 0.1) is 0 Å². The molecule has 114 valence electrons. The summed E-state index contributed by atoms with van der Waals surface area (Å²) in [7, 11) is 4.02. The van der Waals surface area contributed by atoms with Crippen LogP contribution in [0.4, 0.5) is 0 Å². The lowest BCUT2D eigenvalue weighted by atomic mass is 9.92. The summed E-state index contributed by atoms with van der Waals surface area (Å²) in [6.07, 6.45) is 7.46. The fourth-order valence-electron chi connectivity index (χ4n) is 3.26. The molecule has 2 unspecified atom stereocenters. The molecule has 1 N–H and O–H groups in total. The molecule has 0 spiro atoms. The third-order valence-corrected chi connectivity index (χ3v) is 4.55. The first-order valence-electron chi connectivity index (χ1n) is 7.63. The highest BCUT2D eigenvalue weighted by molar-refractivity contribution is 5.07. The average Bonchev–Trinajstić information content (AvgIpc) is 3.08. The van der Waals surface area contributed by atoms with Crippen molar-refractivity contribution < 1.29 is 5.11 Å². The quantitative estimate of drug-likeness (QED) is 0.931. The number of aromatic nitrogens is 3. The van der Waals surface area contributed by atoms with E-state index in [2.05, 4.69) is 39.8 Å². The Morgan fingerprint density at radius 2 is 2.19 bits per heavy atom. The monoisotopic (exact) mass is 288 g/mol. The van der Waals surface area contributed by atoms with Gasteiger partial charge in [-0.1, -0.05) is 0 Å². The van der Waals surface area contributed by atoms with Gasteiger partial charge in [-0.2, -0.15) is 0 Å². The molecule has 0 radical (unpaired) electrons. The highest BCUT2D eigenvalue weighted by Gasteiger charge is 2.29. The summed E-state index contributed by atoms with van der Waals surface area (Å²) in [5, 5.41) is 10.6. The van der Waals surface area contributed by atoms with Crippen LogP contribution in [0.5, 0.6) is 0 Å². The van der Waals surface area contributed by atoms with Crippen molar-refractivity contribution in [2.75, 3.05) is 13.1 Å². The maximum absolute atomic E-state index is 10.6. The predicted molar refractivity (Wildman–Crippen MR) is 81.6 cm³/mol. The van der Waals surface area contributed by atoms with Gasteiger partial charge in [0.15, 0.2) is 0 Å². The van der Waals surface area contributed by atoms with Gasteiger partial charge in [-0.05, 0) is 31.5 Å². The number of piperidine rings is 1. The molecule has 1 fully saturated rings. The Labute approximate surface area is 125 Å². The summed E-state index contributed by atoms with van der Waals surface area (Å²) in [4.78, 5) is 6.74. The van der Waals surface area contributed by atoms with E-state index in [-0.39, 0.29) is 5.92 Å². The van der Waals surface area contributed by atoms with Gasteiger partial charge in [-0.3, -0.25) is 4.90 Å². The van der Waals surface area contributed by atoms with Gasteiger partial charge in [0.1, 0.15) is 11.9 Å². The molecule has 0 bridgehead atoms. The Hall–Kier alpha value is -1.59. The van der Waals surface area contributed by atoms with E-state index in [0.717, 1.165) is 38.3 Å². The van der Waals surface area contributed by atoms with E-state index < -0.39 is 6.10 Å². The number of aliphatic hydroxyl groups excluding tert-OH is 1. The van der Waals surface area contributed by atoms with Crippen LogP contribution in [-0.2, 0) is 20.6 Å². The summed E-state index contributed by atoms with van der Waals surface area (Å²) in [5.74, 6) is 1.04. The highest BCUT2D eigenvalue weighted by atomic mass is 16.3. The summed E-state index contributed by atoms with van der Waals surface area (Å²) in [6, 6.07) is 4.25. The van der Waals surface area contributed by atoms with E-state index in [4.69, 9.17) is 0 Å². The third kappa shape index (κ3) is 3.04. The smallest absolute Gasteiger partial charge is 0.137 e. The second-order valence-electron chi connectivity index (χ2n) is 6.09. The van der Waals surface area contributed by atoms with Gasteiger partial charge >= 0.3 is 0 Å². The number of aliphatic hydroxyl groups is 1. The van der Waals surface area contributed by atoms with E-state index in [1.165, 1.54) is 5.69 Å². The summed E-state index contributed by atoms with van der Waals surface area (Å²) in [5.41, 5.74) is 1.32. The lowest BCUT2D eigenvalue weighted by molar-refractivity contribution is 0.0398. The molecule has 5 nitrogen and oxygen atoms in total. The van der Waals surface area contributed by atoms with Crippen molar-refractivity contribution in [3.8, 4) is 0 Å². The molecule has 1 saturated heterocycles. The van der Waals surface area contributed by atoms with Crippen LogP contribution < -0.4 is 0 Å². The van der Waals surface area contributed by atoms with Gasteiger partial charge < -0.3 is 14.2 Å². The van der Waals surface area contributed by atoms with Crippen molar-refractivity contribution in [2.45, 2.75) is 25.5 Å². The van der Waals surface area contributed by atoms with Crippen molar-refractivity contribution in [3.05, 3.63) is 42.2 Å². The van der Waals surface area contributed by atoms with Crippen LogP contribution in [0.15, 0.2) is 30.7 Å². The zero-order valence-electron chi connectivity index (χ0n) is 12.8. The van der Waals surface area contributed by atoms with E-state index >= 15 is 0 Å². The number of nitrogens with zero attached hydrogens (tertiary/aromatic N) is 4. The predicted octanol–water partition coefficient (Wildman–Crippen LogP) is 1.70. The molecule has 1 aliphatic rings. The first-order chi connectivity index (χ1) is 10.1. The maximum atomic E-state index is 10.6. The van der Waals surface area contributed by atoms with Gasteiger partial charge in [0, 0.05) is 57.4 Å². The molecule has 3 rings (SSSR count). The molecule has 0 amide bonds. The second kappa shape index (κ2) is 6.03. The van der Waals surface area contributed by atoms with E-state index in [9.17, 15) is 5.11 Å². The number of likely N-dealkylation sites (tertiary alicyclic amines) is 1. The lowest BCUT2D eigenvalue weighted by Gasteiger charge is -2.34. The first kappa shape index (κ1) is 14.4. The highest BCUT2D eigenvalue weighted by Crippen LogP contribution is 2.29. The largest absolute Gasteiger partial charge is 0.385 e. The maximum Gasteiger partial charge on any atom is 0.137 e. The van der Waals surface area contributed by atoms with Crippen molar-refractivity contribution in [2.24, 2.45) is 20.0 Å². The lowest BCUT2D eigenvalue weighted by Crippen LogP contribution is -2.38. The van der Waals surface area contributed by atoms with Crippen LogP contribution in [0.1, 0.15) is 30.5 Å². The molecule has 2 aromatic rings. The van der Waals surface area contributed by atoms with E-state index in [1.54, 1.807) is 6.20 Å². The minimum Gasteiger partial charge on any atom is -0.385 e. The minimum atomic E-state index is -0.471. The van der Waals surface area contributed by atoms with Gasteiger partial charge in [-0.15, -0.1) is 0 Å². The molecule has 2 aromatic heterocycles. The van der Waals surface area contributed by atoms with Crippen molar-refractivity contribution >= 4 is 0 Å². The van der Waals surface area contributed by atoms with Crippen LogP contribution in [0.25, 0.3) is 0 Å². The minimum absolute atomic E-state index is 0.264. The normalized spacial score (nSPS) is 21.6. The number of rotatable bonds is 4. The Balaban J connectivity index is 1.66. The molecule has 3 heterocycles. The fraction of sp³-hybridized carbons (Fsp3) is 0.562. The van der Waals surface area contributed by atoms with Crippen LogP contribution in [0.3, 0.4) is 0 Å². The second-order valence-corrected chi connectivity index (χ2v) is 6.09. The number of hydrogen-bond donors (Lipinski definition) is 1.